The monoisotopic (exact) mass is 296 g/mol. The van der Waals surface area contributed by atoms with E-state index < -0.39 is 0 Å². The maximum Gasteiger partial charge on any atom is 0.123 e. The highest BCUT2D eigenvalue weighted by molar-refractivity contribution is 5.20. The molecule has 0 aliphatic carbocycles. The Hall–Kier alpha value is -0.970. The summed E-state index contributed by atoms with van der Waals surface area (Å²) in [5, 5.41) is 3.29. The molecule has 21 heavy (non-hydrogen) atoms. The smallest absolute Gasteiger partial charge is 0.123 e. The molecule has 1 aromatic carbocycles. The van der Waals surface area contributed by atoms with E-state index in [2.05, 4.69) is 24.1 Å². The number of nitrogens with zero attached hydrogens (tertiary/aromatic N) is 1. The molecule has 1 rings (SSSR count). The second-order valence-electron chi connectivity index (χ2n) is 5.87. The average Bonchev–Trinajstić information content (AvgIpc) is 2.44. The third-order valence-corrected chi connectivity index (χ3v) is 3.57. The SMILES string of the molecule is CNC(CCN(CCOC)CC(C)C)c1cccc(F)c1. The lowest BCUT2D eigenvalue weighted by molar-refractivity contribution is 0.137. The van der Waals surface area contributed by atoms with Gasteiger partial charge in [-0.3, -0.25) is 0 Å². The van der Waals surface area contributed by atoms with Gasteiger partial charge in [-0.15, -0.1) is 0 Å². The molecule has 0 bridgehead atoms. The van der Waals surface area contributed by atoms with E-state index in [1.807, 2.05) is 13.1 Å². The van der Waals surface area contributed by atoms with Gasteiger partial charge in [-0.2, -0.15) is 0 Å². The predicted molar refractivity (Wildman–Crippen MR) is 86.0 cm³/mol. The van der Waals surface area contributed by atoms with Crippen molar-refractivity contribution in [1.82, 2.24) is 10.2 Å². The lowest BCUT2D eigenvalue weighted by atomic mass is 10.0. The van der Waals surface area contributed by atoms with Gasteiger partial charge in [0.1, 0.15) is 5.82 Å². The molecule has 1 N–H and O–H groups in total. The van der Waals surface area contributed by atoms with E-state index in [1.165, 1.54) is 6.07 Å². The van der Waals surface area contributed by atoms with Crippen LogP contribution in [0.15, 0.2) is 24.3 Å². The fraction of sp³-hybridized carbons (Fsp3) is 0.647. The molecule has 0 amide bonds. The number of hydrogen-bond acceptors (Lipinski definition) is 3. The molecule has 0 heterocycles. The van der Waals surface area contributed by atoms with Crippen molar-refractivity contribution < 1.29 is 9.13 Å². The highest BCUT2D eigenvalue weighted by Gasteiger charge is 2.13. The first-order chi connectivity index (χ1) is 10.1. The molecule has 1 atom stereocenters. The van der Waals surface area contributed by atoms with Gasteiger partial charge in [0.25, 0.3) is 0 Å². The normalized spacial score (nSPS) is 13.1. The van der Waals surface area contributed by atoms with Crippen molar-refractivity contribution in [2.45, 2.75) is 26.3 Å². The van der Waals surface area contributed by atoms with E-state index in [9.17, 15) is 4.39 Å². The minimum absolute atomic E-state index is 0.175. The number of ether oxygens (including phenoxy) is 1. The number of hydrogen-bond donors (Lipinski definition) is 1. The van der Waals surface area contributed by atoms with E-state index in [4.69, 9.17) is 4.74 Å². The summed E-state index contributed by atoms with van der Waals surface area (Å²) in [5.41, 5.74) is 1.01. The average molecular weight is 296 g/mol. The number of halogens is 1. The summed E-state index contributed by atoms with van der Waals surface area (Å²) in [6.45, 7) is 8.17. The molecule has 3 nitrogen and oxygen atoms in total. The Balaban J connectivity index is 2.58. The van der Waals surface area contributed by atoms with E-state index in [1.54, 1.807) is 19.2 Å². The molecule has 0 saturated heterocycles. The summed E-state index contributed by atoms with van der Waals surface area (Å²) in [4.78, 5) is 2.41. The predicted octanol–water partition coefficient (Wildman–Crippen LogP) is 3.08. The van der Waals surface area contributed by atoms with Gasteiger partial charge >= 0.3 is 0 Å². The van der Waals surface area contributed by atoms with Crippen molar-refractivity contribution >= 4 is 0 Å². The summed E-state index contributed by atoms with van der Waals surface area (Å²) < 4.78 is 18.5. The molecule has 4 heteroatoms. The molecule has 0 saturated carbocycles. The summed E-state index contributed by atoms with van der Waals surface area (Å²) in [5.74, 6) is 0.454. The number of benzene rings is 1. The molecule has 1 unspecified atom stereocenters. The first-order valence-electron chi connectivity index (χ1n) is 7.70. The Bertz CT molecular complexity index is 398. The Labute approximate surface area is 128 Å². The number of rotatable bonds is 10. The molecule has 1 aromatic rings. The lowest BCUT2D eigenvalue weighted by Gasteiger charge is -2.26. The molecule has 0 fully saturated rings. The van der Waals surface area contributed by atoms with Crippen LogP contribution >= 0.6 is 0 Å². The van der Waals surface area contributed by atoms with Crippen molar-refractivity contribution in [3.05, 3.63) is 35.6 Å². The number of nitrogens with one attached hydrogen (secondary N) is 1. The van der Waals surface area contributed by atoms with Crippen LogP contribution in [0.4, 0.5) is 4.39 Å². The fourth-order valence-corrected chi connectivity index (χ4v) is 2.54. The van der Waals surface area contributed by atoms with Crippen molar-refractivity contribution in [2.75, 3.05) is 40.4 Å². The van der Waals surface area contributed by atoms with Crippen LogP contribution in [-0.4, -0.2) is 45.3 Å². The van der Waals surface area contributed by atoms with Gasteiger partial charge < -0.3 is 15.0 Å². The Morgan fingerprint density at radius 1 is 1.29 bits per heavy atom. The van der Waals surface area contributed by atoms with Gasteiger partial charge in [0, 0.05) is 32.8 Å². The van der Waals surface area contributed by atoms with Gasteiger partial charge in [-0.05, 0) is 37.1 Å². The topological polar surface area (TPSA) is 24.5 Å². The molecule has 0 aliphatic heterocycles. The minimum Gasteiger partial charge on any atom is -0.383 e. The van der Waals surface area contributed by atoms with Crippen LogP contribution in [0.3, 0.4) is 0 Å². The minimum atomic E-state index is -0.175. The third-order valence-electron chi connectivity index (χ3n) is 3.57. The van der Waals surface area contributed by atoms with Crippen LogP contribution in [-0.2, 0) is 4.74 Å². The van der Waals surface area contributed by atoms with Crippen molar-refractivity contribution in [1.29, 1.82) is 0 Å². The fourth-order valence-electron chi connectivity index (χ4n) is 2.54. The van der Waals surface area contributed by atoms with Crippen LogP contribution in [0.5, 0.6) is 0 Å². The van der Waals surface area contributed by atoms with Crippen LogP contribution in [0.25, 0.3) is 0 Å². The summed E-state index contributed by atoms with van der Waals surface area (Å²) in [6.07, 6.45) is 0.955. The lowest BCUT2D eigenvalue weighted by Crippen LogP contribution is -2.34. The van der Waals surface area contributed by atoms with Crippen LogP contribution in [0.1, 0.15) is 31.9 Å². The van der Waals surface area contributed by atoms with Gasteiger partial charge in [-0.1, -0.05) is 26.0 Å². The Morgan fingerprint density at radius 3 is 2.62 bits per heavy atom. The van der Waals surface area contributed by atoms with E-state index in [0.29, 0.717) is 5.92 Å². The van der Waals surface area contributed by atoms with Gasteiger partial charge in [0.15, 0.2) is 0 Å². The van der Waals surface area contributed by atoms with Crippen LogP contribution in [0, 0.1) is 11.7 Å². The number of methoxy groups -OCH3 is 1. The van der Waals surface area contributed by atoms with Crippen molar-refractivity contribution in [3.63, 3.8) is 0 Å². The van der Waals surface area contributed by atoms with Gasteiger partial charge in [0.05, 0.1) is 6.61 Å². The Kier molecular flexibility index (Phi) is 8.50. The summed E-state index contributed by atoms with van der Waals surface area (Å²) >= 11 is 0. The zero-order chi connectivity index (χ0) is 15.7. The van der Waals surface area contributed by atoms with E-state index >= 15 is 0 Å². The quantitative estimate of drug-likeness (QED) is 0.718. The largest absolute Gasteiger partial charge is 0.383 e. The van der Waals surface area contributed by atoms with Crippen molar-refractivity contribution in [3.8, 4) is 0 Å². The molecule has 0 spiro atoms. The summed E-state index contributed by atoms with van der Waals surface area (Å²) in [7, 11) is 3.66. The van der Waals surface area contributed by atoms with Crippen LogP contribution in [0.2, 0.25) is 0 Å². The maximum atomic E-state index is 13.3. The molecule has 0 aliphatic rings. The van der Waals surface area contributed by atoms with Gasteiger partial charge in [0.2, 0.25) is 0 Å². The van der Waals surface area contributed by atoms with E-state index in [-0.39, 0.29) is 11.9 Å². The standard InChI is InChI=1S/C17H29FN2O/c1-14(2)13-20(10-11-21-4)9-8-17(19-3)15-6-5-7-16(18)12-15/h5-7,12,14,17,19H,8-11,13H2,1-4H3. The first kappa shape index (κ1) is 18.1. The molecule has 0 radical (unpaired) electrons. The highest BCUT2D eigenvalue weighted by atomic mass is 19.1. The zero-order valence-electron chi connectivity index (χ0n) is 13.7. The molecule has 120 valence electrons. The van der Waals surface area contributed by atoms with Crippen LogP contribution < -0.4 is 5.32 Å². The maximum absolute atomic E-state index is 13.3. The second-order valence-corrected chi connectivity index (χ2v) is 5.87. The zero-order valence-corrected chi connectivity index (χ0v) is 13.7. The molecular formula is C17H29FN2O. The second kappa shape index (κ2) is 9.87. The van der Waals surface area contributed by atoms with Gasteiger partial charge in [-0.25, -0.2) is 4.39 Å². The molecule has 0 aromatic heterocycles. The van der Waals surface area contributed by atoms with Crippen molar-refractivity contribution in [2.24, 2.45) is 5.92 Å². The van der Waals surface area contributed by atoms with E-state index in [0.717, 1.165) is 38.2 Å². The first-order valence-corrected chi connectivity index (χ1v) is 7.70. The Morgan fingerprint density at radius 2 is 2.05 bits per heavy atom. The third kappa shape index (κ3) is 7.02. The summed E-state index contributed by atoms with van der Waals surface area (Å²) in [6, 6.07) is 7.03. The highest BCUT2D eigenvalue weighted by Crippen LogP contribution is 2.18. The molecular weight excluding hydrogens is 267 g/mol.